The second-order valence-electron chi connectivity index (χ2n) is 4.55. The maximum atomic E-state index is 5.89. The van der Waals surface area contributed by atoms with Crippen LogP contribution >= 0.6 is 0 Å². The molecule has 5 heteroatoms. The van der Waals surface area contributed by atoms with Gasteiger partial charge in [-0.1, -0.05) is 0 Å². The van der Waals surface area contributed by atoms with Crippen molar-refractivity contribution in [2.24, 2.45) is 0 Å². The van der Waals surface area contributed by atoms with E-state index < -0.39 is 0 Å². The van der Waals surface area contributed by atoms with Crippen molar-refractivity contribution in [3.63, 3.8) is 0 Å². The van der Waals surface area contributed by atoms with Gasteiger partial charge in [0.15, 0.2) is 0 Å². The van der Waals surface area contributed by atoms with E-state index in [0.717, 1.165) is 37.2 Å². The molecule has 3 rings (SSSR count). The molecule has 0 amide bonds. The summed E-state index contributed by atoms with van der Waals surface area (Å²) in [7, 11) is 0. The fourth-order valence-electron chi connectivity index (χ4n) is 2.15. The molecule has 1 N–H and O–H groups in total. The molecule has 1 aliphatic heterocycles. The van der Waals surface area contributed by atoms with Gasteiger partial charge in [0.25, 0.3) is 0 Å². The van der Waals surface area contributed by atoms with E-state index >= 15 is 0 Å². The zero-order valence-electron chi connectivity index (χ0n) is 10.6. The molecule has 98 valence electrons. The summed E-state index contributed by atoms with van der Waals surface area (Å²) >= 11 is 0. The topological polar surface area (TPSA) is 59.9 Å². The first-order chi connectivity index (χ1) is 9.42. The van der Waals surface area contributed by atoms with Crippen LogP contribution in [-0.2, 0) is 0 Å². The van der Waals surface area contributed by atoms with Gasteiger partial charge in [0, 0.05) is 18.0 Å². The van der Waals surface area contributed by atoms with Gasteiger partial charge in [-0.3, -0.25) is 9.97 Å². The molecule has 2 aromatic heterocycles. The van der Waals surface area contributed by atoms with Crippen LogP contribution in [0.2, 0.25) is 0 Å². The van der Waals surface area contributed by atoms with Crippen LogP contribution in [0.3, 0.4) is 0 Å². The molecule has 0 unspecified atom stereocenters. The Morgan fingerprint density at radius 2 is 1.84 bits per heavy atom. The summed E-state index contributed by atoms with van der Waals surface area (Å²) in [5.41, 5.74) is 1.81. The van der Waals surface area contributed by atoms with Crippen LogP contribution in [-0.4, -0.2) is 34.1 Å². The molecule has 19 heavy (non-hydrogen) atoms. The van der Waals surface area contributed by atoms with Crippen molar-refractivity contribution in [3.05, 3.63) is 36.9 Å². The van der Waals surface area contributed by atoms with Gasteiger partial charge >= 0.3 is 0 Å². The Labute approximate surface area is 112 Å². The van der Waals surface area contributed by atoms with E-state index in [4.69, 9.17) is 4.74 Å². The van der Waals surface area contributed by atoms with E-state index in [1.165, 1.54) is 0 Å². The number of hydrogen-bond donors (Lipinski definition) is 1. The number of nitrogens with zero attached hydrogens (tertiary/aromatic N) is 3. The van der Waals surface area contributed by atoms with Crippen LogP contribution in [0.15, 0.2) is 36.9 Å². The number of rotatable bonds is 3. The van der Waals surface area contributed by atoms with Gasteiger partial charge in [0.1, 0.15) is 6.10 Å². The molecule has 0 bridgehead atoms. The van der Waals surface area contributed by atoms with E-state index in [-0.39, 0.29) is 6.10 Å². The molecule has 0 aliphatic carbocycles. The largest absolute Gasteiger partial charge is 0.473 e. The minimum atomic E-state index is 0.239. The smallest absolute Gasteiger partial charge is 0.233 e. The number of piperidine rings is 1. The summed E-state index contributed by atoms with van der Waals surface area (Å²) in [6.45, 7) is 2.00. The van der Waals surface area contributed by atoms with Crippen molar-refractivity contribution < 1.29 is 4.74 Å². The van der Waals surface area contributed by atoms with Crippen molar-refractivity contribution in [1.29, 1.82) is 0 Å². The number of pyridine rings is 1. The zero-order valence-corrected chi connectivity index (χ0v) is 10.6. The van der Waals surface area contributed by atoms with Crippen LogP contribution in [0.5, 0.6) is 5.88 Å². The summed E-state index contributed by atoms with van der Waals surface area (Å²) < 4.78 is 5.89. The zero-order chi connectivity index (χ0) is 12.9. The second kappa shape index (κ2) is 5.75. The van der Waals surface area contributed by atoms with Crippen molar-refractivity contribution in [2.75, 3.05) is 13.1 Å². The highest BCUT2D eigenvalue weighted by atomic mass is 16.5. The third-order valence-corrected chi connectivity index (χ3v) is 3.16. The van der Waals surface area contributed by atoms with Gasteiger partial charge in [-0.2, -0.15) is 0 Å². The van der Waals surface area contributed by atoms with Crippen LogP contribution in [0.1, 0.15) is 12.8 Å². The van der Waals surface area contributed by atoms with Gasteiger partial charge in [0.2, 0.25) is 5.88 Å². The number of aromatic nitrogens is 3. The van der Waals surface area contributed by atoms with E-state index in [1.54, 1.807) is 24.8 Å². The summed E-state index contributed by atoms with van der Waals surface area (Å²) in [4.78, 5) is 12.7. The van der Waals surface area contributed by atoms with Crippen molar-refractivity contribution in [2.45, 2.75) is 18.9 Å². The summed E-state index contributed by atoms with van der Waals surface area (Å²) in [6.07, 6.45) is 9.18. The summed E-state index contributed by atoms with van der Waals surface area (Å²) in [5, 5.41) is 3.31. The van der Waals surface area contributed by atoms with Crippen LogP contribution in [0.4, 0.5) is 0 Å². The monoisotopic (exact) mass is 256 g/mol. The Hall–Kier alpha value is -2.01. The lowest BCUT2D eigenvalue weighted by Crippen LogP contribution is -2.34. The Kier molecular flexibility index (Phi) is 3.65. The molecule has 5 nitrogen and oxygen atoms in total. The molecule has 0 radical (unpaired) electrons. The fraction of sp³-hybridized carbons (Fsp3) is 0.357. The maximum Gasteiger partial charge on any atom is 0.233 e. The van der Waals surface area contributed by atoms with Gasteiger partial charge in [0.05, 0.1) is 18.1 Å². The van der Waals surface area contributed by atoms with Crippen LogP contribution in [0.25, 0.3) is 11.3 Å². The molecule has 0 spiro atoms. The first-order valence-electron chi connectivity index (χ1n) is 6.51. The van der Waals surface area contributed by atoms with Crippen molar-refractivity contribution in [1.82, 2.24) is 20.3 Å². The molecule has 1 saturated heterocycles. The average Bonchev–Trinajstić information content (AvgIpc) is 2.49. The van der Waals surface area contributed by atoms with E-state index in [1.807, 2.05) is 12.1 Å². The standard InChI is InChI=1S/C14H16N4O/c1-5-15-6-2-11(1)13-9-17-10-14(18-13)19-12-3-7-16-8-4-12/h1-2,5-6,9-10,12,16H,3-4,7-8H2. The predicted molar refractivity (Wildman–Crippen MR) is 71.8 cm³/mol. The van der Waals surface area contributed by atoms with Crippen molar-refractivity contribution >= 4 is 0 Å². The lowest BCUT2D eigenvalue weighted by atomic mass is 10.1. The summed E-state index contributed by atoms with van der Waals surface area (Å²) in [6, 6.07) is 3.83. The Bertz CT molecular complexity index is 526. The number of hydrogen-bond acceptors (Lipinski definition) is 5. The first-order valence-corrected chi connectivity index (χ1v) is 6.51. The first kappa shape index (κ1) is 12.0. The SMILES string of the molecule is c1cc(-c2cncc(OC3CCNCC3)n2)ccn1. The quantitative estimate of drug-likeness (QED) is 0.905. The molecule has 1 fully saturated rings. The molecule has 1 aliphatic rings. The minimum Gasteiger partial charge on any atom is -0.473 e. The van der Waals surface area contributed by atoms with Crippen LogP contribution < -0.4 is 10.1 Å². The molecule has 0 atom stereocenters. The van der Waals surface area contributed by atoms with Crippen LogP contribution in [0, 0.1) is 0 Å². The lowest BCUT2D eigenvalue weighted by Gasteiger charge is -2.23. The normalized spacial score (nSPS) is 16.2. The predicted octanol–water partition coefficient (Wildman–Crippen LogP) is 1.67. The van der Waals surface area contributed by atoms with E-state index in [2.05, 4.69) is 20.3 Å². The van der Waals surface area contributed by atoms with Gasteiger partial charge in [-0.05, 0) is 38.1 Å². The molecular formula is C14H16N4O. The molecule has 0 saturated carbocycles. The molecule has 2 aromatic rings. The maximum absolute atomic E-state index is 5.89. The minimum absolute atomic E-state index is 0.239. The Morgan fingerprint density at radius 1 is 1.05 bits per heavy atom. The molecule has 0 aromatic carbocycles. The highest BCUT2D eigenvalue weighted by molar-refractivity contribution is 5.57. The number of ether oxygens (including phenoxy) is 1. The van der Waals surface area contributed by atoms with Crippen molar-refractivity contribution in [3.8, 4) is 17.1 Å². The number of nitrogens with one attached hydrogen (secondary N) is 1. The van der Waals surface area contributed by atoms with Gasteiger partial charge in [-0.25, -0.2) is 4.98 Å². The third-order valence-electron chi connectivity index (χ3n) is 3.16. The lowest BCUT2D eigenvalue weighted by molar-refractivity contribution is 0.155. The van der Waals surface area contributed by atoms with E-state index in [0.29, 0.717) is 5.88 Å². The molecular weight excluding hydrogens is 240 g/mol. The summed E-state index contributed by atoms with van der Waals surface area (Å²) in [5.74, 6) is 0.598. The molecule has 3 heterocycles. The van der Waals surface area contributed by atoms with Gasteiger partial charge in [-0.15, -0.1) is 0 Å². The Morgan fingerprint density at radius 3 is 2.63 bits per heavy atom. The van der Waals surface area contributed by atoms with Gasteiger partial charge < -0.3 is 10.1 Å². The highest BCUT2D eigenvalue weighted by Crippen LogP contribution is 2.19. The third kappa shape index (κ3) is 3.06. The highest BCUT2D eigenvalue weighted by Gasteiger charge is 2.15. The average molecular weight is 256 g/mol. The second-order valence-corrected chi connectivity index (χ2v) is 4.55. The fourth-order valence-corrected chi connectivity index (χ4v) is 2.15. The Balaban J connectivity index is 1.76. The van der Waals surface area contributed by atoms with E-state index in [9.17, 15) is 0 Å².